The maximum Gasteiger partial charge on any atom is 0.0524 e. The molecular formula is C12H21N3. The van der Waals surface area contributed by atoms with Crippen molar-refractivity contribution in [2.75, 3.05) is 7.05 Å². The maximum atomic E-state index is 4.27. The number of aromatic nitrogens is 2. The molecule has 1 aromatic rings. The fourth-order valence-corrected chi connectivity index (χ4v) is 2.93. The van der Waals surface area contributed by atoms with Gasteiger partial charge in [0.25, 0.3) is 0 Å². The van der Waals surface area contributed by atoms with E-state index in [1.165, 1.54) is 18.4 Å². The van der Waals surface area contributed by atoms with Crippen LogP contribution in [0.5, 0.6) is 0 Å². The Kier molecular flexibility index (Phi) is 2.59. The van der Waals surface area contributed by atoms with Crippen molar-refractivity contribution in [1.82, 2.24) is 15.1 Å². The molecule has 1 saturated carbocycles. The van der Waals surface area contributed by atoms with Crippen LogP contribution in [0.1, 0.15) is 38.2 Å². The lowest BCUT2D eigenvalue weighted by Gasteiger charge is -2.54. The van der Waals surface area contributed by atoms with Gasteiger partial charge in [-0.1, -0.05) is 13.8 Å². The van der Waals surface area contributed by atoms with Crippen molar-refractivity contribution in [1.29, 1.82) is 0 Å². The number of aryl methyl sites for hydroxylation is 1. The summed E-state index contributed by atoms with van der Waals surface area (Å²) in [6, 6.07) is 0.660. The second-order valence-corrected chi connectivity index (χ2v) is 4.94. The molecule has 3 atom stereocenters. The Balaban J connectivity index is 2.19. The maximum absolute atomic E-state index is 4.27. The van der Waals surface area contributed by atoms with Crippen LogP contribution in [0.2, 0.25) is 0 Å². The fourth-order valence-electron chi connectivity index (χ4n) is 2.93. The third-order valence-corrected chi connectivity index (χ3v) is 4.30. The summed E-state index contributed by atoms with van der Waals surface area (Å²) in [6.45, 7) is 4.67. The Morgan fingerprint density at radius 3 is 2.87 bits per heavy atom. The lowest BCUT2D eigenvalue weighted by atomic mass is 9.54. The summed E-state index contributed by atoms with van der Waals surface area (Å²) >= 11 is 0. The van der Waals surface area contributed by atoms with Gasteiger partial charge < -0.3 is 5.32 Å². The van der Waals surface area contributed by atoms with Gasteiger partial charge in [-0.3, -0.25) is 4.68 Å². The highest BCUT2D eigenvalue weighted by molar-refractivity contribution is 5.23. The molecule has 0 spiro atoms. The molecule has 3 unspecified atom stereocenters. The van der Waals surface area contributed by atoms with E-state index in [9.17, 15) is 0 Å². The van der Waals surface area contributed by atoms with Crippen molar-refractivity contribution >= 4 is 0 Å². The molecule has 0 amide bonds. The number of nitrogens with one attached hydrogen (secondary N) is 1. The van der Waals surface area contributed by atoms with Gasteiger partial charge in [-0.15, -0.1) is 0 Å². The summed E-state index contributed by atoms with van der Waals surface area (Å²) in [4.78, 5) is 0. The highest BCUT2D eigenvalue weighted by atomic mass is 15.2. The summed E-state index contributed by atoms with van der Waals surface area (Å²) in [6.07, 6.45) is 6.64. The first-order chi connectivity index (χ1) is 7.11. The third-order valence-electron chi connectivity index (χ3n) is 4.30. The first kappa shape index (κ1) is 10.7. The molecule has 3 heteroatoms. The second kappa shape index (κ2) is 3.63. The summed E-state index contributed by atoms with van der Waals surface area (Å²) < 4.78 is 1.90. The Hall–Kier alpha value is -0.830. The molecule has 0 bridgehead atoms. The van der Waals surface area contributed by atoms with Gasteiger partial charge in [0.05, 0.1) is 6.20 Å². The highest BCUT2D eigenvalue weighted by Gasteiger charge is 2.50. The minimum absolute atomic E-state index is 0.401. The summed E-state index contributed by atoms with van der Waals surface area (Å²) in [7, 11) is 4.05. The predicted molar refractivity (Wildman–Crippen MR) is 61.8 cm³/mol. The van der Waals surface area contributed by atoms with Gasteiger partial charge in [-0.2, -0.15) is 5.10 Å². The zero-order valence-electron chi connectivity index (χ0n) is 10.1. The average molecular weight is 207 g/mol. The summed E-state index contributed by atoms with van der Waals surface area (Å²) in [5, 5.41) is 7.69. The van der Waals surface area contributed by atoms with Gasteiger partial charge in [0.2, 0.25) is 0 Å². The molecule has 0 saturated heterocycles. The Morgan fingerprint density at radius 2 is 2.40 bits per heavy atom. The molecule has 1 heterocycles. The van der Waals surface area contributed by atoms with Crippen LogP contribution in [0.3, 0.4) is 0 Å². The van der Waals surface area contributed by atoms with Crippen molar-refractivity contribution in [3.63, 3.8) is 0 Å². The molecule has 1 N–H and O–H groups in total. The standard InChI is InChI=1S/C12H21N3/c1-5-12(2)10(6-11(12)13-3)9-7-14-15(4)8-9/h7-8,10-11,13H,5-6H2,1-4H3. The van der Waals surface area contributed by atoms with E-state index in [0.29, 0.717) is 17.4 Å². The lowest BCUT2D eigenvalue weighted by Crippen LogP contribution is -2.55. The summed E-state index contributed by atoms with van der Waals surface area (Å²) in [5.74, 6) is 0.675. The molecule has 1 aliphatic rings. The number of hydrogen-bond donors (Lipinski definition) is 1. The van der Waals surface area contributed by atoms with Gasteiger partial charge in [0.1, 0.15) is 0 Å². The normalized spacial score (nSPS) is 35.2. The first-order valence-corrected chi connectivity index (χ1v) is 5.77. The Morgan fingerprint density at radius 1 is 1.67 bits per heavy atom. The zero-order chi connectivity index (χ0) is 11.1. The van der Waals surface area contributed by atoms with Crippen LogP contribution in [0.4, 0.5) is 0 Å². The second-order valence-electron chi connectivity index (χ2n) is 4.94. The summed E-state index contributed by atoms with van der Waals surface area (Å²) in [5.41, 5.74) is 1.80. The minimum atomic E-state index is 0.401. The van der Waals surface area contributed by atoms with E-state index in [1.807, 2.05) is 17.9 Å². The van der Waals surface area contributed by atoms with Gasteiger partial charge in [0, 0.05) is 19.3 Å². The molecule has 1 aromatic heterocycles. The van der Waals surface area contributed by atoms with E-state index in [-0.39, 0.29) is 0 Å². The Labute approximate surface area is 91.9 Å². The monoisotopic (exact) mass is 207 g/mol. The quantitative estimate of drug-likeness (QED) is 0.820. The predicted octanol–water partition coefficient (Wildman–Crippen LogP) is 1.91. The largest absolute Gasteiger partial charge is 0.316 e. The van der Waals surface area contributed by atoms with Crippen LogP contribution in [0, 0.1) is 5.41 Å². The van der Waals surface area contributed by atoms with E-state index < -0.39 is 0 Å². The van der Waals surface area contributed by atoms with Gasteiger partial charge >= 0.3 is 0 Å². The molecule has 1 aliphatic carbocycles. The van der Waals surface area contributed by atoms with E-state index in [0.717, 1.165) is 0 Å². The zero-order valence-corrected chi connectivity index (χ0v) is 10.1. The SMILES string of the molecule is CCC1(C)C(NC)CC1c1cnn(C)c1. The molecule has 0 aliphatic heterocycles. The topological polar surface area (TPSA) is 29.9 Å². The van der Waals surface area contributed by atoms with Crippen LogP contribution >= 0.6 is 0 Å². The Bertz CT molecular complexity index is 344. The number of rotatable bonds is 3. The van der Waals surface area contributed by atoms with Crippen molar-refractivity contribution in [2.24, 2.45) is 12.5 Å². The molecular weight excluding hydrogens is 186 g/mol. The minimum Gasteiger partial charge on any atom is -0.316 e. The molecule has 3 nitrogen and oxygen atoms in total. The van der Waals surface area contributed by atoms with Gasteiger partial charge in [-0.25, -0.2) is 0 Å². The van der Waals surface area contributed by atoms with Crippen molar-refractivity contribution in [3.8, 4) is 0 Å². The first-order valence-electron chi connectivity index (χ1n) is 5.77. The van der Waals surface area contributed by atoms with Crippen LogP contribution in [0.25, 0.3) is 0 Å². The van der Waals surface area contributed by atoms with Crippen molar-refractivity contribution in [2.45, 2.75) is 38.6 Å². The molecule has 0 aromatic carbocycles. The van der Waals surface area contributed by atoms with Crippen molar-refractivity contribution < 1.29 is 0 Å². The third kappa shape index (κ3) is 1.49. The van der Waals surface area contributed by atoms with Crippen molar-refractivity contribution in [3.05, 3.63) is 18.0 Å². The van der Waals surface area contributed by atoms with Crippen LogP contribution in [-0.4, -0.2) is 22.9 Å². The van der Waals surface area contributed by atoms with Crippen LogP contribution in [0.15, 0.2) is 12.4 Å². The molecule has 2 rings (SSSR count). The fraction of sp³-hybridized carbons (Fsp3) is 0.750. The van der Waals surface area contributed by atoms with E-state index in [4.69, 9.17) is 0 Å². The van der Waals surface area contributed by atoms with E-state index >= 15 is 0 Å². The average Bonchev–Trinajstić information content (AvgIpc) is 2.62. The lowest BCUT2D eigenvalue weighted by molar-refractivity contribution is 0.0494. The molecule has 0 radical (unpaired) electrons. The van der Waals surface area contributed by atoms with Crippen LogP contribution in [-0.2, 0) is 7.05 Å². The van der Waals surface area contributed by atoms with E-state index in [1.54, 1.807) is 0 Å². The molecule has 84 valence electrons. The number of nitrogens with zero attached hydrogens (tertiary/aromatic N) is 2. The van der Waals surface area contributed by atoms with E-state index in [2.05, 4.69) is 37.5 Å². The smallest absolute Gasteiger partial charge is 0.0524 e. The number of hydrogen-bond acceptors (Lipinski definition) is 2. The van der Waals surface area contributed by atoms with Gasteiger partial charge in [-0.05, 0) is 36.8 Å². The molecule has 1 fully saturated rings. The highest BCUT2D eigenvalue weighted by Crippen LogP contribution is 2.54. The molecule has 15 heavy (non-hydrogen) atoms. The van der Waals surface area contributed by atoms with Crippen LogP contribution < -0.4 is 5.32 Å². The van der Waals surface area contributed by atoms with Gasteiger partial charge in [0.15, 0.2) is 0 Å².